The molecule has 0 amide bonds. The lowest BCUT2D eigenvalue weighted by Gasteiger charge is -2.26. The smallest absolute Gasteiger partial charge is 0.190 e. The van der Waals surface area contributed by atoms with Crippen molar-refractivity contribution in [2.75, 3.05) is 6.54 Å². The number of ether oxygens (including phenoxy) is 2. The zero-order chi connectivity index (χ0) is 38.1. The lowest BCUT2D eigenvalue weighted by molar-refractivity contribution is -0.121. The number of carbonyl (C=O) groups is 1. The van der Waals surface area contributed by atoms with Gasteiger partial charge in [0.05, 0.1) is 23.7 Å². The maximum atomic E-state index is 12.7. The lowest BCUT2D eigenvalue weighted by atomic mass is 9.93. The summed E-state index contributed by atoms with van der Waals surface area (Å²) in [4.78, 5) is 16.2. The number of unbranched alkanes of at least 4 members (excludes halogenated alkanes) is 2. The second-order valence-electron chi connectivity index (χ2n) is 14.7. The number of H-pyrrole nitrogens is 1. The van der Waals surface area contributed by atoms with Crippen LogP contribution in [0.15, 0.2) is 85.3 Å². The molecule has 4 heterocycles. The molecular weight excluding hydrogens is 689 g/mol. The van der Waals surface area contributed by atoms with Gasteiger partial charge >= 0.3 is 0 Å². The highest BCUT2D eigenvalue weighted by atomic mass is 16.5. The molecule has 5 atom stereocenters. The first-order chi connectivity index (χ1) is 26.8. The number of benzene rings is 3. The summed E-state index contributed by atoms with van der Waals surface area (Å²) in [6.07, 6.45) is 12.8. The van der Waals surface area contributed by atoms with Crippen molar-refractivity contribution in [2.45, 2.75) is 95.7 Å². The molecule has 9 heteroatoms. The van der Waals surface area contributed by atoms with Crippen molar-refractivity contribution >= 4 is 16.7 Å². The fourth-order valence-corrected chi connectivity index (χ4v) is 7.44. The third kappa shape index (κ3) is 9.51. The largest absolute Gasteiger partial charge is 0.465 e. The fraction of sp³-hybridized carbons (Fsp3) is 0.370. The molecule has 0 fully saturated rings. The molecule has 0 saturated heterocycles. The topological polar surface area (TPSA) is 135 Å². The number of ketones is 1. The van der Waals surface area contributed by atoms with Gasteiger partial charge in [0, 0.05) is 56.2 Å². The molecule has 2 bridgehead atoms. The summed E-state index contributed by atoms with van der Waals surface area (Å²) in [5.41, 5.74) is 13.5. The molecule has 3 aromatic carbocycles. The number of fused-ring (bicyclic) bond motifs is 5. The van der Waals surface area contributed by atoms with Crippen molar-refractivity contribution in [2.24, 2.45) is 11.7 Å². The third-order valence-corrected chi connectivity index (χ3v) is 10.6. The van der Waals surface area contributed by atoms with Gasteiger partial charge in [-0.25, -0.2) is 0 Å². The highest BCUT2D eigenvalue weighted by Crippen LogP contribution is 2.37. The van der Waals surface area contributed by atoms with Gasteiger partial charge in [-0.3, -0.25) is 10.1 Å². The Bertz CT molecular complexity index is 2220. The van der Waals surface area contributed by atoms with E-state index in [4.69, 9.17) is 15.2 Å². The predicted octanol–water partition coefficient (Wildman–Crippen LogP) is 7.17. The zero-order valence-electron chi connectivity index (χ0n) is 31.4. The molecule has 2 aromatic heterocycles. The Morgan fingerprint density at radius 1 is 1.02 bits per heavy atom. The quantitative estimate of drug-likeness (QED) is 0.0464. The van der Waals surface area contributed by atoms with Crippen LogP contribution in [0.4, 0.5) is 0 Å². The van der Waals surface area contributed by atoms with Gasteiger partial charge in [-0.1, -0.05) is 98.5 Å². The molecule has 9 nitrogen and oxygen atoms in total. The summed E-state index contributed by atoms with van der Waals surface area (Å²) >= 11 is 0. The molecule has 55 heavy (non-hydrogen) atoms. The van der Waals surface area contributed by atoms with Crippen LogP contribution in [0.3, 0.4) is 0 Å². The fourth-order valence-electron chi connectivity index (χ4n) is 7.44. The van der Waals surface area contributed by atoms with Crippen LogP contribution in [0.5, 0.6) is 11.5 Å². The number of nitrogens with two attached hydrogens (primary N) is 1. The summed E-state index contributed by atoms with van der Waals surface area (Å²) in [5, 5.41) is 26.4. The Morgan fingerprint density at radius 2 is 1.89 bits per heavy atom. The summed E-state index contributed by atoms with van der Waals surface area (Å²) in [5.74, 6) is 10.2. The number of aromatic nitrogens is 2. The first-order valence-corrected chi connectivity index (χ1v) is 19.5. The number of carbonyl (C=O) groups excluding carboxylic acids is 1. The SMILES string of the molecule is CCCCCC(O)CC(=O)CCc1ccc2c(c1)OC1C(C#CC(O)c3ccc(C(N)NCCc4ccccc4)cc3Cc3c[nH]c4cn1cc34)CC#CO2. The van der Waals surface area contributed by atoms with Crippen LogP contribution in [0.1, 0.15) is 104 Å². The molecule has 0 spiro atoms. The summed E-state index contributed by atoms with van der Waals surface area (Å²) in [7, 11) is 0. The van der Waals surface area contributed by atoms with Crippen LogP contribution < -0.4 is 20.5 Å². The summed E-state index contributed by atoms with van der Waals surface area (Å²) in [6, 6.07) is 21.9. The van der Waals surface area contributed by atoms with Crippen LogP contribution in [-0.4, -0.2) is 38.2 Å². The van der Waals surface area contributed by atoms with E-state index in [0.29, 0.717) is 43.6 Å². The Morgan fingerprint density at radius 3 is 2.75 bits per heavy atom. The number of aromatic amines is 1. The van der Waals surface area contributed by atoms with E-state index < -0.39 is 24.4 Å². The first-order valence-electron chi connectivity index (χ1n) is 19.5. The van der Waals surface area contributed by atoms with Crippen LogP contribution in [-0.2, 0) is 24.1 Å². The minimum Gasteiger partial charge on any atom is -0.465 e. The van der Waals surface area contributed by atoms with Crippen molar-refractivity contribution < 1.29 is 24.5 Å². The van der Waals surface area contributed by atoms with Gasteiger partial charge in [-0.15, -0.1) is 0 Å². The monoisotopic (exact) mass is 738 g/mol. The molecule has 6 N–H and O–H groups in total. The highest BCUT2D eigenvalue weighted by Gasteiger charge is 2.28. The number of aliphatic hydroxyl groups is 2. The molecule has 5 unspecified atom stereocenters. The van der Waals surface area contributed by atoms with E-state index in [1.165, 1.54) is 5.56 Å². The number of Topliss-reactive ketones (excluding diaryl/α,β-unsaturated/α-hetero) is 1. The Hall–Kier alpha value is -5.29. The maximum absolute atomic E-state index is 12.7. The van der Waals surface area contributed by atoms with Gasteiger partial charge in [-0.05, 0) is 64.8 Å². The van der Waals surface area contributed by atoms with Crippen molar-refractivity contribution in [3.63, 3.8) is 0 Å². The molecule has 7 rings (SSSR count). The molecule has 2 aliphatic heterocycles. The van der Waals surface area contributed by atoms with E-state index in [1.54, 1.807) is 0 Å². The van der Waals surface area contributed by atoms with Gasteiger partial charge in [0.2, 0.25) is 0 Å². The van der Waals surface area contributed by atoms with Crippen molar-refractivity contribution in [1.82, 2.24) is 14.9 Å². The third-order valence-electron chi connectivity index (χ3n) is 10.6. The average Bonchev–Trinajstić information content (AvgIpc) is 3.79. The molecule has 284 valence electrons. The van der Waals surface area contributed by atoms with E-state index >= 15 is 0 Å². The zero-order valence-corrected chi connectivity index (χ0v) is 31.4. The van der Waals surface area contributed by atoms with Gasteiger partial charge in [0.25, 0.3) is 0 Å². The van der Waals surface area contributed by atoms with E-state index in [0.717, 1.165) is 70.9 Å². The highest BCUT2D eigenvalue weighted by molar-refractivity contribution is 5.83. The predicted molar refractivity (Wildman–Crippen MR) is 214 cm³/mol. The average molecular weight is 739 g/mol. The van der Waals surface area contributed by atoms with Crippen LogP contribution in [0, 0.1) is 29.8 Å². The molecule has 0 saturated carbocycles. The summed E-state index contributed by atoms with van der Waals surface area (Å²) in [6.45, 7) is 2.85. The Balaban J connectivity index is 1.13. The molecule has 5 aromatic rings. The Kier molecular flexibility index (Phi) is 12.4. The first kappa shape index (κ1) is 38.0. The molecule has 0 radical (unpaired) electrons. The van der Waals surface area contributed by atoms with E-state index in [-0.39, 0.29) is 18.4 Å². The molecule has 0 aliphatic carbocycles. The number of aliphatic hydroxyl groups excluding tert-OH is 2. The standard InChI is InChI=1S/C46H50N4O5/c1-2-3-5-12-37(51)27-38(52)17-13-32-14-20-43-44(24-32)55-46-33(11-8-23-54-43)16-19-42(53)39-18-15-34(45(47)48-22-21-31-9-6-4-7-10-31)25-35(39)26-36-28-49-41-30-50(46)29-40(36)41/h4,6-7,9-10,14-15,18,20,24-25,28-30,33,37,42,45-46,48-49,51,53H,2-3,5,11-13,17,21-22,26-27,47H2,1H3. The Labute approximate surface area is 323 Å². The number of hydrogen-bond donors (Lipinski definition) is 5. The number of nitrogens with zero attached hydrogens (tertiary/aromatic N) is 1. The van der Waals surface area contributed by atoms with E-state index in [2.05, 4.69) is 65.5 Å². The lowest BCUT2D eigenvalue weighted by Crippen LogP contribution is -2.30. The second kappa shape index (κ2) is 17.9. The minimum absolute atomic E-state index is 0.0400. The van der Waals surface area contributed by atoms with E-state index in [1.807, 2.05) is 65.5 Å². The van der Waals surface area contributed by atoms with Crippen LogP contribution in [0.25, 0.3) is 10.9 Å². The normalized spacial score (nSPS) is 18.4. The summed E-state index contributed by atoms with van der Waals surface area (Å²) < 4.78 is 14.7. The molecular formula is C46H50N4O5. The van der Waals surface area contributed by atoms with Crippen LogP contribution in [0.2, 0.25) is 0 Å². The van der Waals surface area contributed by atoms with Crippen molar-refractivity contribution in [3.8, 4) is 35.4 Å². The van der Waals surface area contributed by atoms with Gasteiger partial charge in [0.1, 0.15) is 18.0 Å². The van der Waals surface area contributed by atoms with Crippen molar-refractivity contribution in [1.29, 1.82) is 0 Å². The minimum atomic E-state index is -1.05. The number of aryl methyl sites for hydroxylation is 1. The van der Waals surface area contributed by atoms with Gasteiger partial charge in [0.15, 0.2) is 17.7 Å². The second-order valence-corrected chi connectivity index (χ2v) is 14.7. The van der Waals surface area contributed by atoms with Gasteiger partial charge < -0.3 is 35.0 Å². The maximum Gasteiger partial charge on any atom is 0.190 e. The van der Waals surface area contributed by atoms with E-state index in [9.17, 15) is 15.0 Å². The molecule has 2 aliphatic rings. The van der Waals surface area contributed by atoms with Crippen LogP contribution >= 0.6 is 0 Å². The van der Waals surface area contributed by atoms with Gasteiger partial charge in [-0.2, -0.15) is 0 Å². The van der Waals surface area contributed by atoms with Crippen molar-refractivity contribution in [3.05, 3.63) is 119 Å². The number of hydrogen-bond acceptors (Lipinski definition) is 7. The number of nitrogens with one attached hydrogen (secondary N) is 2. The number of rotatable bonds is 14.